The van der Waals surface area contributed by atoms with E-state index < -0.39 is 29.1 Å². The number of amides is 1. The molecular formula is C20H17ClN4O6. The highest BCUT2D eigenvalue weighted by Crippen LogP contribution is 2.27. The molecule has 0 saturated heterocycles. The Labute approximate surface area is 180 Å². The van der Waals surface area contributed by atoms with Crippen LogP contribution in [-0.2, 0) is 16.1 Å². The summed E-state index contributed by atoms with van der Waals surface area (Å²) in [5, 5.41) is 18.3. The number of anilines is 1. The number of halogens is 1. The maximum Gasteiger partial charge on any atom is 0.359 e. The van der Waals surface area contributed by atoms with Gasteiger partial charge in [-0.1, -0.05) is 36.7 Å². The zero-order chi connectivity index (χ0) is 22.5. The summed E-state index contributed by atoms with van der Waals surface area (Å²) in [7, 11) is 0. The van der Waals surface area contributed by atoms with Gasteiger partial charge in [0.25, 0.3) is 17.2 Å². The lowest BCUT2D eigenvalue weighted by Crippen LogP contribution is -2.27. The number of hydrogen-bond donors (Lipinski definition) is 1. The molecular weight excluding hydrogens is 428 g/mol. The normalized spacial score (nSPS) is 10.6. The number of nitro groups is 1. The molecule has 1 amide bonds. The van der Waals surface area contributed by atoms with Gasteiger partial charge in [-0.05, 0) is 24.6 Å². The minimum absolute atomic E-state index is 0.0875. The topological polar surface area (TPSA) is 133 Å². The molecule has 0 radical (unpaired) electrons. The fourth-order valence-corrected chi connectivity index (χ4v) is 3.06. The highest BCUT2D eigenvalue weighted by molar-refractivity contribution is 6.31. The summed E-state index contributed by atoms with van der Waals surface area (Å²) < 4.78 is 6.22. The fraction of sp³-hybridized carbons (Fsp3) is 0.200. The second-order valence-electron chi connectivity index (χ2n) is 6.47. The van der Waals surface area contributed by atoms with Crippen molar-refractivity contribution in [3.05, 3.63) is 73.6 Å². The molecule has 2 aromatic carbocycles. The summed E-state index contributed by atoms with van der Waals surface area (Å²) in [5.41, 5.74) is -0.919. The van der Waals surface area contributed by atoms with Gasteiger partial charge in [0.15, 0.2) is 12.3 Å². The van der Waals surface area contributed by atoms with Crippen LogP contribution >= 0.6 is 11.6 Å². The second kappa shape index (κ2) is 9.35. The summed E-state index contributed by atoms with van der Waals surface area (Å²) in [6, 6.07) is 10.2. The number of aromatic nitrogens is 2. The summed E-state index contributed by atoms with van der Waals surface area (Å²) in [6.07, 6.45) is 0.627. The predicted molar refractivity (Wildman–Crippen MR) is 113 cm³/mol. The summed E-state index contributed by atoms with van der Waals surface area (Å²) in [4.78, 5) is 47.7. The second-order valence-corrected chi connectivity index (χ2v) is 6.90. The van der Waals surface area contributed by atoms with Gasteiger partial charge in [0, 0.05) is 23.0 Å². The fourth-order valence-electron chi connectivity index (χ4n) is 2.90. The maximum atomic E-state index is 12.6. The Morgan fingerprint density at radius 2 is 1.94 bits per heavy atom. The van der Waals surface area contributed by atoms with Gasteiger partial charge in [0.2, 0.25) is 0 Å². The standard InChI is InChI=1S/C20H17ClN4O6/c1-2-9-24-19(27)14-6-4-3-5-13(14)18(23-24)20(28)31-11-17(26)22-15-8-7-12(21)10-16(15)25(29)30/h3-8,10H,2,9,11H2,1H3,(H,22,26). The van der Waals surface area contributed by atoms with Crippen LogP contribution < -0.4 is 10.9 Å². The summed E-state index contributed by atoms with van der Waals surface area (Å²) in [5.74, 6) is -1.69. The van der Waals surface area contributed by atoms with Crippen LogP contribution in [0.15, 0.2) is 47.3 Å². The Morgan fingerprint density at radius 3 is 2.61 bits per heavy atom. The van der Waals surface area contributed by atoms with Gasteiger partial charge >= 0.3 is 5.97 Å². The minimum Gasteiger partial charge on any atom is -0.451 e. The van der Waals surface area contributed by atoms with E-state index in [-0.39, 0.29) is 22.0 Å². The molecule has 0 atom stereocenters. The van der Waals surface area contributed by atoms with Crippen molar-refractivity contribution in [3.63, 3.8) is 0 Å². The van der Waals surface area contributed by atoms with E-state index >= 15 is 0 Å². The van der Waals surface area contributed by atoms with E-state index in [1.165, 1.54) is 16.8 Å². The van der Waals surface area contributed by atoms with Crippen molar-refractivity contribution in [2.75, 3.05) is 11.9 Å². The van der Waals surface area contributed by atoms with Crippen molar-refractivity contribution in [1.82, 2.24) is 9.78 Å². The third-order valence-corrected chi connectivity index (χ3v) is 4.50. The Balaban J connectivity index is 1.79. The van der Waals surface area contributed by atoms with Crippen molar-refractivity contribution in [1.29, 1.82) is 0 Å². The largest absolute Gasteiger partial charge is 0.451 e. The third kappa shape index (κ3) is 4.86. The van der Waals surface area contributed by atoms with Crippen molar-refractivity contribution < 1.29 is 19.2 Å². The number of carbonyl (C=O) groups is 2. The molecule has 10 nitrogen and oxygen atoms in total. The number of nitro benzene ring substituents is 1. The molecule has 0 aliphatic heterocycles. The first kappa shape index (κ1) is 21.9. The van der Waals surface area contributed by atoms with Crippen molar-refractivity contribution in [3.8, 4) is 0 Å². The maximum absolute atomic E-state index is 12.6. The molecule has 1 N–H and O–H groups in total. The average molecular weight is 445 g/mol. The number of nitrogens with zero attached hydrogens (tertiary/aromatic N) is 3. The van der Waals surface area contributed by atoms with Crippen molar-refractivity contribution in [2.24, 2.45) is 0 Å². The van der Waals surface area contributed by atoms with Gasteiger partial charge in [-0.25, -0.2) is 9.48 Å². The van der Waals surface area contributed by atoms with Gasteiger partial charge < -0.3 is 10.1 Å². The van der Waals surface area contributed by atoms with Crippen molar-refractivity contribution >= 4 is 45.6 Å². The Hall–Kier alpha value is -3.79. The predicted octanol–water partition coefficient (Wildman–Crippen LogP) is 3.16. The van der Waals surface area contributed by atoms with Crippen LogP contribution in [0.4, 0.5) is 11.4 Å². The Kier molecular flexibility index (Phi) is 6.61. The van der Waals surface area contributed by atoms with Crippen LogP contribution in [0.2, 0.25) is 5.02 Å². The van der Waals surface area contributed by atoms with Gasteiger partial charge in [0.1, 0.15) is 5.69 Å². The SMILES string of the molecule is CCCn1nc(C(=O)OCC(=O)Nc2ccc(Cl)cc2[N+](=O)[O-])c2ccccc2c1=O. The van der Waals surface area contributed by atoms with Gasteiger partial charge in [0.05, 0.1) is 10.3 Å². The number of aryl methyl sites for hydroxylation is 1. The van der Waals surface area contributed by atoms with E-state index in [4.69, 9.17) is 16.3 Å². The molecule has 1 aromatic heterocycles. The molecule has 160 valence electrons. The van der Waals surface area contributed by atoms with Crippen LogP contribution in [0.5, 0.6) is 0 Å². The first-order valence-corrected chi connectivity index (χ1v) is 9.60. The number of fused-ring (bicyclic) bond motifs is 1. The number of nitrogens with one attached hydrogen (secondary N) is 1. The highest BCUT2D eigenvalue weighted by Gasteiger charge is 2.20. The molecule has 0 unspecified atom stereocenters. The number of esters is 1. The van der Waals surface area contributed by atoms with E-state index in [9.17, 15) is 24.5 Å². The molecule has 0 saturated carbocycles. The van der Waals surface area contributed by atoms with Gasteiger partial charge in [-0.3, -0.25) is 19.7 Å². The molecule has 31 heavy (non-hydrogen) atoms. The molecule has 0 fully saturated rings. The van der Waals surface area contributed by atoms with E-state index in [2.05, 4.69) is 10.4 Å². The van der Waals surface area contributed by atoms with Crippen LogP contribution in [0.25, 0.3) is 10.8 Å². The zero-order valence-corrected chi connectivity index (χ0v) is 17.1. The molecule has 11 heteroatoms. The average Bonchev–Trinajstić information content (AvgIpc) is 2.75. The van der Waals surface area contributed by atoms with Crippen LogP contribution in [0.1, 0.15) is 23.8 Å². The lowest BCUT2D eigenvalue weighted by atomic mass is 10.1. The van der Waals surface area contributed by atoms with Crippen LogP contribution in [0.3, 0.4) is 0 Å². The van der Waals surface area contributed by atoms with Gasteiger partial charge in [-0.15, -0.1) is 0 Å². The van der Waals surface area contributed by atoms with E-state index in [1.807, 2.05) is 6.92 Å². The first-order chi connectivity index (χ1) is 14.8. The molecule has 3 rings (SSSR count). The van der Waals surface area contributed by atoms with Crippen LogP contribution in [0, 0.1) is 10.1 Å². The molecule has 0 bridgehead atoms. The minimum atomic E-state index is -0.901. The number of rotatable bonds is 7. The lowest BCUT2D eigenvalue weighted by Gasteiger charge is -2.10. The smallest absolute Gasteiger partial charge is 0.359 e. The first-order valence-electron chi connectivity index (χ1n) is 9.22. The number of benzene rings is 2. The van der Waals surface area contributed by atoms with Crippen LogP contribution in [-0.4, -0.2) is 33.2 Å². The molecule has 0 aliphatic carbocycles. The lowest BCUT2D eigenvalue weighted by molar-refractivity contribution is -0.383. The zero-order valence-electron chi connectivity index (χ0n) is 16.3. The van der Waals surface area contributed by atoms with E-state index in [1.54, 1.807) is 24.3 Å². The molecule has 0 aliphatic rings. The quantitative estimate of drug-likeness (QED) is 0.336. The number of carbonyl (C=O) groups excluding carboxylic acids is 2. The molecule has 0 spiro atoms. The Bertz CT molecular complexity index is 1240. The van der Waals surface area contributed by atoms with Crippen molar-refractivity contribution in [2.45, 2.75) is 19.9 Å². The Morgan fingerprint density at radius 1 is 1.23 bits per heavy atom. The molecule has 1 heterocycles. The monoisotopic (exact) mass is 444 g/mol. The van der Waals surface area contributed by atoms with E-state index in [0.29, 0.717) is 23.7 Å². The van der Waals surface area contributed by atoms with Gasteiger partial charge in [-0.2, -0.15) is 5.10 Å². The number of hydrogen-bond acceptors (Lipinski definition) is 7. The third-order valence-electron chi connectivity index (χ3n) is 4.26. The number of ether oxygens (including phenoxy) is 1. The summed E-state index contributed by atoms with van der Waals surface area (Å²) >= 11 is 5.74. The highest BCUT2D eigenvalue weighted by atomic mass is 35.5. The molecule has 3 aromatic rings. The summed E-state index contributed by atoms with van der Waals surface area (Å²) in [6.45, 7) is 1.47. The van der Waals surface area contributed by atoms with E-state index in [0.717, 1.165) is 6.07 Å².